The van der Waals surface area contributed by atoms with Gasteiger partial charge in [-0.05, 0) is 6.92 Å². The summed E-state index contributed by atoms with van der Waals surface area (Å²) in [5.41, 5.74) is 5.54. The van der Waals surface area contributed by atoms with Crippen molar-refractivity contribution in [3.63, 3.8) is 0 Å². The molecular weight excluding hydrogens is 240 g/mol. The Bertz CT molecular complexity index is 474. The summed E-state index contributed by atoms with van der Waals surface area (Å²) in [6, 6.07) is 0.224. The summed E-state index contributed by atoms with van der Waals surface area (Å²) in [5.74, 6) is 0.515. The van der Waals surface area contributed by atoms with Gasteiger partial charge in [0, 0.05) is 11.6 Å². The molecule has 0 amide bonds. The molecule has 0 aliphatic rings. The number of nitrogens with two attached hydrogens (primary N) is 1. The molecule has 0 aliphatic carbocycles. The van der Waals surface area contributed by atoms with Crippen LogP contribution in [-0.2, 0) is 6.54 Å². The zero-order valence-corrected chi connectivity index (χ0v) is 10.1. The van der Waals surface area contributed by atoms with E-state index in [0.717, 1.165) is 5.01 Å². The van der Waals surface area contributed by atoms with E-state index in [-0.39, 0.29) is 12.0 Å². The molecule has 8 heteroatoms. The molecule has 0 aliphatic heterocycles. The van der Waals surface area contributed by atoms with Crippen LogP contribution in [0.15, 0.2) is 11.6 Å². The van der Waals surface area contributed by atoms with Gasteiger partial charge in [0.15, 0.2) is 0 Å². The van der Waals surface area contributed by atoms with Crippen LogP contribution >= 0.6 is 11.3 Å². The predicted octanol–water partition coefficient (Wildman–Crippen LogP) is 0.921. The van der Waals surface area contributed by atoms with E-state index in [1.807, 2.05) is 12.3 Å². The van der Waals surface area contributed by atoms with Crippen molar-refractivity contribution in [2.24, 2.45) is 0 Å². The lowest BCUT2D eigenvalue weighted by Gasteiger charge is -2.05. The Morgan fingerprint density at radius 1 is 1.41 bits per heavy atom. The molecular formula is C9H12N6OS. The number of rotatable bonds is 5. The first-order chi connectivity index (χ1) is 8.28. The van der Waals surface area contributed by atoms with E-state index in [1.54, 1.807) is 17.5 Å². The van der Waals surface area contributed by atoms with Crippen LogP contribution in [0.1, 0.15) is 11.9 Å². The molecule has 0 fully saturated rings. The van der Waals surface area contributed by atoms with Gasteiger partial charge < -0.3 is 15.8 Å². The maximum atomic E-state index is 5.54. The fourth-order valence-electron chi connectivity index (χ4n) is 1.14. The topological polar surface area (TPSA) is 98.8 Å². The minimum atomic E-state index is 0.130. The molecule has 17 heavy (non-hydrogen) atoms. The summed E-state index contributed by atoms with van der Waals surface area (Å²) in [5, 5.41) is 5.87. The summed E-state index contributed by atoms with van der Waals surface area (Å²) in [4.78, 5) is 16.0. The van der Waals surface area contributed by atoms with E-state index >= 15 is 0 Å². The van der Waals surface area contributed by atoms with Crippen LogP contribution in [0.2, 0.25) is 0 Å². The summed E-state index contributed by atoms with van der Waals surface area (Å²) in [7, 11) is 0. The maximum absolute atomic E-state index is 5.54. The van der Waals surface area contributed by atoms with E-state index in [1.165, 1.54) is 0 Å². The largest absolute Gasteiger partial charge is 0.464 e. The first-order valence-electron chi connectivity index (χ1n) is 5.04. The van der Waals surface area contributed by atoms with E-state index in [0.29, 0.717) is 19.1 Å². The molecule has 0 bridgehead atoms. The van der Waals surface area contributed by atoms with Gasteiger partial charge >= 0.3 is 6.01 Å². The van der Waals surface area contributed by atoms with E-state index in [4.69, 9.17) is 10.5 Å². The molecule has 0 unspecified atom stereocenters. The lowest BCUT2D eigenvalue weighted by atomic mass is 10.6. The zero-order valence-electron chi connectivity index (χ0n) is 9.25. The van der Waals surface area contributed by atoms with Crippen LogP contribution in [0.5, 0.6) is 6.01 Å². The molecule has 3 N–H and O–H groups in total. The van der Waals surface area contributed by atoms with Gasteiger partial charge in [0.05, 0.1) is 13.2 Å². The highest BCUT2D eigenvalue weighted by Crippen LogP contribution is 2.11. The molecule has 0 saturated heterocycles. The lowest BCUT2D eigenvalue weighted by Crippen LogP contribution is -2.09. The number of anilines is 2. The second-order valence-electron chi connectivity index (χ2n) is 3.01. The Kier molecular flexibility index (Phi) is 3.66. The summed E-state index contributed by atoms with van der Waals surface area (Å²) in [6.07, 6.45) is 1.75. The second kappa shape index (κ2) is 5.39. The molecule has 2 aromatic rings. The van der Waals surface area contributed by atoms with Crippen molar-refractivity contribution in [2.75, 3.05) is 17.7 Å². The number of nitrogens with one attached hydrogen (secondary N) is 1. The monoisotopic (exact) mass is 252 g/mol. The second-order valence-corrected chi connectivity index (χ2v) is 3.99. The third-order valence-corrected chi connectivity index (χ3v) is 2.57. The normalized spacial score (nSPS) is 10.2. The van der Waals surface area contributed by atoms with Crippen LogP contribution in [0, 0.1) is 0 Å². The molecule has 0 saturated carbocycles. The third kappa shape index (κ3) is 3.25. The number of hydrogen-bond acceptors (Lipinski definition) is 8. The number of nitrogen functional groups attached to an aromatic ring is 1. The Morgan fingerprint density at radius 2 is 2.29 bits per heavy atom. The van der Waals surface area contributed by atoms with Gasteiger partial charge in [-0.15, -0.1) is 11.3 Å². The van der Waals surface area contributed by atoms with Crippen LogP contribution in [0.3, 0.4) is 0 Å². The molecule has 0 spiro atoms. The van der Waals surface area contributed by atoms with Crippen molar-refractivity contribution in [1.82, 2.24) is 19.9 Å². The Morgan fingerprint density at radius 3 is 3.00 bits per heavy atom. The molecule has 2 heterocycles. The fourth-order valence-corrected chi connectivity index (χ4v) is 1.70. The maximum Gasteiger partial charge on any atom is 0.323 e. The molecule has 0 aromatic carbocycles. The van der Waals surface area contributed by atoms with E-state index in [2.05, 4.69) is 25.3 Å². The highest BCUT2D eigenvalue weighted by molar-refractivity contribution is 7.09. The molecule has 2 aromatic heterocycles. The molecule has 2 rings (SSSR count). The van der Waals surface area contributed by atoms with Crippen molar-refractivity contribution in [1.29, 1.82) is 0 Å². The lowest BCUT2D eigenvalue weighted by molar-refractivity contribution is 0.312. The van der Waals surface area contributed by atoms with Gasteiger partial charge in [0.25, 0.3) is 0 Å². The van der Waals surface area contributed by atoms with Gasteiger partial charge in [-0.3, -0.25) is 0 Å². The van der Waals surface area contributed by atoms with E-state index < -0.39 is 0 Å². The van der Waals surface area contributed by atoms with Crippen LogP contribution in [0.25, 0.3) is 0 Å². The summed E-state index contributed by atoms with van der Waals surface area (Å²) in [6.45, 7) is 2.88. The SMILES string of the molecule is CCOc1nc(N)nc(NCc2nccs2)n1. The number of nitrogens with zero attached hydrogens (tertiary/aromatic N) is 4. The van der Waals surface area contributed by atoms with Crippen molar-refractivity contribution in [2.45, 2.75) is 13.5 Å². The van der Waals surface area contributed by atoms with Gasteiger partial charge in [-0.2, -0.15) is 15.0 Å². The fraction of sp³-hybridized carbons (Fsp3) is 0.333. The van der Waals surface area contributed by atoms with Gasteiger partial charge in [0.2, 0.25) is 11.9 Å². The van der Waals surface area contributed by atoms with Gasteiger partial charge in [-0.25, -0.2) is 4.98 Å². The van der Waals surface area contributed by atoms with Crippen LogP contribution in [-0.4, -0.2) is 26.5 Å². The highest BCUT2D eigenvalue weighted by atomic mass is 32.1. The molecule has 7 nitrogen and oxygen atoms in total. The number of aromatic nitrogens is 4. The van der Waals surface area contributed by atoms with Crippen molar-refractivity contribution in [3.05, 3.63) is 16.6 Å². The first-order valence-corrected chi connectivity index (χ1v) is 5.92. The zero-order chi connectivity index (χ0) is 12.1. The van der Waals surface area contributed by atoms with Gasteiger partial charge in [-0.1, -0.05) is 0 Å². The average Bonchev–Trinajstić information content (AvgIpc) is 2.79. The Labute approximate surface area is 102 Å². The Balaban J connectivity index is 2.04. The van der Waals surface area contributed by atoms with E-state index in [9.17, 15) is 0 Å². The predicted molar refractivity (Wildman–Crippen MR) is 64.8 cm³/mol. The number of thiazole rings is 1. The summed E-state index contributed by atoms with van der Waals surface area (Å²) < 4.78 is 5.17. The molecule has 0 atom stereocenters. The smallest absolute Gasteiger partial charge is 0.323 e. The minimum Gasteiger partial charge on any atom is -0.464 e. The average molecular weight is 252 g/mol. The minimum absolute atomic E-state index is 0.130. The number of hydrogen-bond donors (Lipinski definition) is 2. The number of ether oxygens (including phenoxy) is 1. The van der Waals surface area contributed by atoms with Crippen molar-refractivity contribution < 1.29 is 4.74 Å². The van der Waals surface area contributed by atoms with Crippen molar-refractivity contribution in [3.8, 4) is 6.01 Å². The van der Waals surface area contributed by atoms with Crippen LogP contribution in [0.4, 0.5) is 11.9 Å². The third-order valence-electron chi connectivity index (χ3n) is 1.79. The standard InChI is InChI=1S/C9H12N6OS/c1-2-16-9-14-7(10)13-8(15-9)12-5-6-11-3-4-17-6/h3-4H,2,5H2,1H3,(H3,10,12,13,14,15). The van der Waals surface area contributed by atoms with Gasteiger partial charge in [0.1, 0.15) is 5.01 Å². The highest BCUT2D eigenvalue weighted by Gasteiger charge is 2.05. The first kappa shape index (κ1) is 11.5. The molecule has 0 radical (unpaired) electrons. The Hall–Kier alpha value is -1.96. The summed E-state index contributed by atoms with van der Waals surface area (Å²) >= 11 is 1.55. The van der Waals surface area contributed by atoms with Crippen molar-refractivity contribution >= 4 is 23.2 Å². The quantitative estimate of drug-likeness (QED) is 0.816. The molecule has 90 valence electrons. The van der Waals surface area contributed by atoms with Crippen LogP contribution < -0.4 is 15.8 Å².